The molecule has 0 aromatic rings. The quantitative estimate of drug-likeness (QED) is 0.725. The smallest absolute Gasteiger partial charge is 0.0221 e. The van der Waals surface area contributed by atoms with Crippen LogP contribution in [0.25, 0.3) is 0 Å². The number of hydrogen-bond acceptors (Lipinski definition) is 3. The Labute approximate surface area is 88.2 Å². The molecular formula is C11H25N3. The Hall–Kier alpha value is -0.120. The molecule has 1 aliphatic rings. The average molecular weight is 199 g/mol. The standard InChI is InChI=1S/C11H25N3/c1-10-5-4-6-11(9-12)14(10)8-7-13(2)3/h10-11H,4-9,12H2,1-3H3. The van der Waals surface area contributed by atoms with Crippen LogP contribution >= 0.6 is 0 Å². The number of likely N-dealkylation sites (N-methyl/N-ethyl adjacent to an activating group) is 1. The Bertz CT molecular complexity index is 159. The third-order valence-corrected chi connectivity index (χ3v) is 3.27. The first-order valence-corrected chi connectivity index (χ1v) is 5.75. The molecule has 2 N–H and O–H groups in total. The molecule has 0 spiro atoms. The minimum absolute atomic E-state index is 0.624. The number of hydrogen-bond donors (Lipinski definition) is 1. The predicted molar refractivity (Wildman–Crippen MR) is 61.4 cm³/mol. The van der Waals surface area contributed by atoms with E-state index in [-0.39, 0.29) is 0 Å². The van der Waals surface area contributed by atoms with E-state index in [0.29, 0.717) is 6.04 Å². The first kappa shape index (κ1) is 12.0. The minimum Gasteiger partial charge on any atom is -0.329 e. The maximum absolute atomic E-state index is 5.81. The zero-order chi connectivity index (χ0) is 10.6. The molecule has 0 saturated carbocycles. The van der Waals surface area contributed by atoms with Crippen molar-refractivity contribution in [3.8, 4) is 0 Å². The van der Waals surface area contributed by atoms with Gasteiger partial charge < -0.3 is 10.6 Å². The van der Waals surface area contributed by atoms with Crippen molar-refractivity contribution >= 4 is 0 Å². The Morgan fingerprint density at radius 3 is 2.64 bits per heavy atom. The van der Waals surface area contributed by atoms with Crippen molar-refractivity contribution in [1.82, 2.24) is 9.80 Å². The highest BCUT2D eigenvalue weighted by Gasteiger charge is 2.26. The van der Waals surface area contributed by atoms with Crippen LogP contribution in [0.4, 0.5) is 0 Å². The van der Waals surface area contributed by atoms with Gasteiger partial charge in [0.25, 0.3) is 0 Å². The van der Waals surface area contributed by atoms with Crippen molar-refractivity contribution in [2.45, 2.75) is 38.3 Å². The fourth-order valence-corrected chi connectivity index (χ4v) is 2.31. The largest absolute Gasteiger partial charge is 0.329 e. The number of nitrogens with two attached hydrogens (primary N) is 1. The normalized spacial score (nSPS) is 29.8. The van der Waals surface area contributed by atoms with Gasteiger partial charge in [0.2, 0.25) is 0 Å². The molecule has 1 aliphatic heterocycles. The molecule has 1 fully saturated rings. The van der Waals surface area contributed by atoms with Crippen molar-refractivity contribution in [3.63, 3.8) is 0 Å². The maximum atomic E-state index is 5.81. The van der Waals surface area contributed by atoms with E-state index in [9.17, 15) is 0 Å². The van der Waals surface area contributed by atoms with Crippen molar-refractivity contribution in [2.75, 3.05) is 33.7 Å². The van der Waals surface area contributed by atoms with E-state index >= 15 is 0 Å². The van der Waals surface area contributed by atoms with E-state index < -0.39 is 0 Å². The second-order valence-electron chi connectivity index (χ2n) is 4.71. The van der Waals surface area contributed by atoms with E-state index in [1.807, 2.05) is 0 Å². The van der Waals surface area contributed by atoms with Gasteiger partial charge in [-0.25, -0.2) is 0 Å². The molecule has 1 heterocycles. The third-order valence-electron chi connectivity index (χ3n) is 3.27. The monoisotopic (exact) mass is 199 g/mol. The summed E-state index contributed by atoms with van der Waals surface area (Å²) >= 11 is 0. The molecule has 0 aromatic carbocycles. The van der Waals surface area contributed by atoms with Crippen LogP contribution in [-0.2, 0) is 0 Å². The average Bonchev–Trinajstić information content (AvgIpc) is 2.15. The molecule has 84 valence electrons. The van der Waals surface area contributed by atoms with E-state index in [4.69, 9.17) is 5.73 Å². The molecule has 0 amide bonds. The summed E-state index contributed by atoms with van der Waals surface area (Å²) in [6, 6.07) is 1.34. The van der Waals surface area contributed by atoms with Crippen LogP contribution in [0.5, 0.6) is 0 Å². The number of nitrogens with zero attached hydrogens (tertiary/aromatic N) is 2. The lowest BCUT2D eigenvalue weighted by atomic mass is 9.96. The summed E-state index contributed by atoms with van der Waals surface area (Å²) < 4.78 is 0. The Balaban J connectivity index is 2.42. The summed E-state index contributed by atoms with van der Waals surface area (Å²) in [7, 11) is 4.26. The van der Waals surface area contributed by atoms with Gasteiger partial charge in [0.15, 0.2) is 0 Å². The molecule has 2 unspecified atom stereocenters. The van der Waals surface area contributed by atoms with Crippen LogP contribution < -0.4 is 5.73 Å². The Kier molecular flexibility index (Phi) is 4.85. The first-order valence-electron chi connectivity index (χ1n) is 5.75. The number of piperidine rings is 1. The van der Waals surface area contributed by atoms with Gasteiger partial charge in [0.1, 0.15) is 0 Å². The molecule has 0 radical (unpaired) electrons. The highest BCUT2D eigenvalue weighted by Crippen LogP contribution is 2.21. The minimum atomic E-state index is 0.624. The van der Waals surface area contributed by atoms with Crippen molar-refractivity contribution < 1.29 is 0 Å². The van der Waals surface area contributed by atoms with E-state index in [0.717, 1.165) is 25.7 Å². The summed E-state index contributed by atoms with van der Waals surface area (Å²) in [5, 5.41) is 0. The lowest BCUT2D eigenvalue weighted by Gasteiger charge is -2.40. The van der Waals surface area contributed by atoms with Crippen LogP contribution in [0.3, 0.4) is 0 Å². The maximum Gasteiger partial charge on any atom is 0.0221 e. The zero-order valence-corrected chi connectivity index (χ0v) is 9.87. The lowest BCUT2D eigenvalue weighted by Crippen LogP contribution is -2.50. The van der Waals surface area contributed by atoms with Crippen LogP contribution in [0.15, 0.2) is 0 Å². The second kappa shape index (κ2) is 5.69. The van der Waals surface area contributed by atoms with E-state index in [1.165, 1.54) is 19.3 Å². The highest BCUT2D eigenvalue weighted by molar-refractivity contribution is 4.83. The summed E-state index contributed by atoms with van der Waals surface area (Å²) in [6.45, 7) is 5.45. The Morgan fingerprint density at radius 1 is 1.36 bits per heavy atom. The summed E-state index contributed by atoms with van der Waals surface area (Å²) in [5.74, 6) is 0. The molecule has 0 aromatic heterocycles. The molecule has 3 heteroatoms. The second-order valence-corrected chi connectivity index (χ2v) is 4.71. The summed E-state index contributed by atoms with van der Waals surface area (Å²) in [5.41, 5.74) is 5.81. The van der Waals surface area contributed by atoms with Gasteiger partial charge in [-0.05, 0) is 33.9 Å². The first-order chi connectivity index (χ1) is 6.65. The molecule has 14 heavy (non-hydrogen) atoms. The SMILES string of the molecule is CC1CCCC(CN)N1CCN(C)C. The lowest BCUT2D eigenvalue weighted by molar-refractivity contribution is 0.0893. The van der Waals surface area contributed by atoms with E-state index in [2.05, 4.69) is 30.8 Å². The third kappa shape index (κ3) is 3.23. The van der Waals surface area contributed by atoms with Gasteiger partial charge in [-0.2, -0.15) is 0 Å². The molecule has 1 saturated heterocycles. The molecule has 3 nitrogen and oxygen atoms in total. The molecular weight excluding hydrogens is 174 g/mol. The fourth-order valence-electron chi connectivity index (χ4n) is 2.31. The topological polar surface area (TPSA) is 32.5 Å². The zero-order valence-electron chi connectivity index (χ0n) is 9.87. The van der Waals surface area contributed by atoms with Crippen LogP contribution in [-0.4, -0.2) is 55.6 Å². The van der Waals surface area contributed by atoms with Gasteiger partial charge in [-0.1, -0.05) is 6.42 Å². The van der Waals surface area contributed by atoms with Gasteiger partial charge in [0.05, 0.1) is 0 Å². The Morgan fingerprint density at radius 2 is 2.07 bits per heavy atom. The van der Waals surface area contributed by atoms with Gasteiger partial charge in [0, 0.05) is 31.7 Å². The van der Waals surface area contributed by atoms with Crippen LogP contribution in [0, 0.1) is 0 Å². The number of likely N-dealkylation sites (tertiary alicyclic amines) is 1. The fraction of sp³-hybridized carbons (Fsp3) is 1.00. The van der Waals surface area contributed by atoms with Gasteiger partial charge >= 0.3 is 0 Å². The van der Waals surface area contributed by atoms with Gasteiger partial charge in [-0.15, -0.1) is 0 Å². The van der Waals surface area contributed by atoms with Crippen molar-refractivity contribution in [1.29, 1.82) is 0 Å². The van der Waals surface area contributed by atoms with Gasteiger partial charge in [-0.3, -0.25) is 4.90 Å². The van der Waals surface area contributed by atoms with Crippen molar-refractivity contribution in [3.05, 3.63) is 0 Å². The van der Waals surface area contributed by atoms with Crippen molar-refractivity contribution in [2.24, 2.45) is 5.73 Å². The highest BCUT2D eigenvalue weighted by atomic mass is 15.2. The van der Waals surface area contributed by atoms with Crippen LogP contribution in [0.2, 0.25) is 0 Å². The molecule has 0 bridgehead atoms. The molecule has 1 rings (SSSR count). The predicted octanol–water partition coefficient (Wildman–Crippen LogP) is 0.750. The summed E-state index contributed by atoms with van der Waals surface area (Å²) in [4.78, 5) is 4.83. The van der Waals surface area contributed by atoms with E-state index in [1.54, 1.807) is 0 Å². The molecule has 2 atom stereocenters. The van der Waals surface area contributed by atoms with Crippen LogP contribution in [0.1, 0.15) is 26.2 Å². The summed E-state index contributed by atoms with van der Waals surface area (Å²) in [6.07, 6.45) is 3.97. The molecule has 0 aliphatic carbocycles. The number of rotatable bonds is 4.